The van der Waals surface area contributed by atoms with Crippen LogP contribution in [0.2, 0.25) is 0 Å². The maximum atomic E-state index is 12.4. The lowest BCUT2D eigenvalue weighted by atomic mass is 10.0. The van der Waals surface area contributed by atoms with E-state index in [1.54, 1.807) is 0 Å². The zero-order valence-corrected chi connectivity index (χ0v) is 18.2. The van der Waals surface area contributed by atoms with E-state index >= 15 is 0 Å². The Hall–Kier alpha value is -2.02. The van der Waals surface area contributed by atoms with Crippen LogP contribution in [-0.2, 0) is 4.79 Å². The van der Waals surface area contributed by atoms with Gasteiger partial charge in [0.15, 0.2) is 5.16 Å². The number of aryl methyl sites for hydroxylation is 1. The molecule has 2 heterocycles. The molecular weight excluding hydrogens is 370 g/mol. The Morgan fingerprint density at radius 1 is 1.14 bits per heavy atom. The molecule has 1 aliphatic rings. The summed E-state index contributed by atoms with van der Waals surface area (Å²) in [6.45, 7) is 10.2. The molecule has 0 saturated carbocycles. The van der Waals surface area contributed by atoms with E-state index in [-0.39, 0.29) is 11.4 Å². The Morgan fingerprint density at radius 2 is 1.82 bits per heavy atom. The molecule has 7 heteroatoms. The molecule has 1 aromatic heterocycles. The molecule has 1 fully saturated rings. The first-order valence-electron chi connectivity index (χ1n) is 10.1. The summed E-state index contributed by atoms with van der Waals surface area (Å²) in [6.07, 6.45) is 4.52. The number of piperidine rings is 1. The highest BCUT2D eigenvalue weighted by Crippen LogP contribution is 2.28. The summed E-state index contributed by atoms with van der Waals surface area (Å²) >= 11 is 1.44. The highest BCUT2D eigenvalue weighted by Gasteiger charge is 2.23. The average Bonchev–Trinajstić information content (AvgIpc) is 3.11. The third-order valence-corrected chi connectivity index (χ3v) is 6.17. The number of anilines is 1. The molecule has 1 amide bonds. The van der Waals surface area contributed by atoms with E-state index in [9.17, 15) is 4.79 Å². The van der Waals surface area contributed by atoms with Crippen LogP contribution in [0, 0.1) is 6.92 Å². The average molecular weight is 402 g/mol. The standard InChI is InChI=1S/C21H31N5OS/c1-5-21(3,4)22-18(27)15-28-20-24-23-19(25-13-7-6-8-14-25)26(20)17-11-9-16(2)10-12-17/h9-12H,5-8,13-15H2,1-4H3,(H,22,27). The zero-order valence-electron chi connectivity index (χ0n) is 17.4. The van der Waals surface area contributed by atoms with E-state index in [4.69, 9.17) is 0 Å². The van der Waals surface area contributed by atoms with Crippen molar-refractivity contribution >= 4 is 23.6 Å². The van der Waals surface area contributed by atoms with Gasteiger partial charge in [-0.1, -0.05) is 36.4 Å². The fourth-order valence-electron chi connectivity index (χ4n) is 3.21. The zero-order chi connectivity index (χ0) is 20.1. The number of carbonyl (C=O) groups excluding carboxylic acids is 1. The number of carbonyl (C=O) groups is 1. The van der Waals surface area contributed by atoms with Gasteiger partial charge in [-0.3, -0.25) is 9.36 Å². The number of hydrogen-bond acceptors (Lipinski definition) is 5. The van der Waals surface area contributed by atoms with Crippen molar-refractivity contribution in [1.82, 2.24) is 20.1 Å². The Morgan fingerprint density at radius 3 is 2.46 bits per heavy atom. The van der Waals surface area contributed by atoms with Gasteiger partial charge in [-0.25, -0.2) is 0 Å². The van der Waals surface area contributed by atoms with Gasteiger partial charge in [-0.15, -0.1) is 10.2 Å². The highest BCUT2D eigenvalue weighted by atomic mass is 32.2. The lowest BCUT2D eigenvalue weighted by Crippen LogP contribution is -2.43. The number of rotatable bonds is 7. The van der Waals surface area contributed by atoms with Crippen LogP contribution in [0.25, 0.3) is 5.69 Å². The summed E-state index contributed by atoms with van der Waals surface area (Å²) in [5.74, 6) is 1.23. The van der Waals surface area contributed by atoms with E-state index in [0.717, 1.165) is 36.3 Å². The van der Waals surface area contributed by atoms with E-state index in [0.29, 0.717) is 5.75 Å². The fraction of sp³-hybridized carbons (Fsp3) is 0.571. The maximum Gasteiger partial charge on any atom is 0.232 e. The van der Waals surface area contributed by atoms with Crippen LogP contribution >= 0.6 is 11.8 Å². The number of nitrogens with one attached hydrogen (secondary N) is 1. The lowest BCUT2D eigenvalue weighted by Gasteiger charge is -2.28. The molecule has 0 aliphatic carbocycles. The minimum absolute atomic E-state index is 0.0230. The lowest BCUT2D eigenvalue weighted by molar-refractivity contribution is -0.120. The Bertz CT molecular complexity index is 794. The molecule has 28 heavy (non-hydrogen) atoms. The minimum atomic E-state index is -0.193. The first-order chi connectivity index (χ1) is 13.4. The third-order valence-electron chi connectivity index (χ3n) is 5.24. The van der Waals surface area contributed by atoms with Crippen molar-refractivity contribution in [3.8, 4) is 5.69 Å². The second kappa shape index (κ2) is 8.99. The molecule has 6 nitrogen and oxygen atoms in total. The molecule has 0 atom stereocenters. The molecule has 0 bridgehead atoms. The summed E-state index contributed by atoms with van der Waals surface area (Å²) in [6, 6.07) is 8.38. The molecule has 1 aliphatic heterocycles. The van der Waals surface area contributed by atoms with E-state index in [1.807, 2.05) is 13.8 Å². The smallest absolute Gasteiger partial charge is 0.232 e. The SMILES string of the molecule is CCC(C)(C)NC(=O)CSc1nnc(N2CCCCC2)n1-c1ccc(C)cc1. The van der Waals surface area contributed by atoms with Crippen molar-refractivity contribution in [2.45, 2.75) is 64.1 Å². The summed E-state index contributed by atoms with van der Waals surface area (Å²) in [4.78, 5) is 14.7. The number of hydrogen-bond donors (Lipinski definition) is 1. The maximum absolute atomic E-state index is 12.4. The molecule has 0 unspecified atom stereocenters. The van der Waals surface area contributed by atoms with Gasteiger partial charge in [0.25, 0.3) is 0 Å². The highest BCUT2D eigenvalue weighted by molar-refractivity contribution is 7.99. The second-order valence-corrected chi connectivity index (χ2v) is 9.02. The minimum Gasteiger partial charge on any atom is -0.351 e. The van der Waals surface area contributed by atoms with Gasteiger partial charge in [0, 0.05) is 18.6 Å². The monoisotopic (exact) mass is 401 g/mol. The first-order valence-corrected chi connectivity index (χ1v) is 11.1. The summed E-state index contributed by atoms with van der Waals surface area (Å²) < 4.78 is 2.09. The number of nitrogens with zero attached hydrogens (tertiary/aromatic N) is 4. The molecule has 1 aromatic carbocycles. The largest absolute Gasteiger partial charge is 0.351 e. The first kappa shape index (κ1) is 20.7. The van der Waals surface area contributed by atoms with Gasteiger partial charge >= 0.3 is 0 Å². The van der Waals surface area contributed by atoms with Crippen LogP contribution in [0.5, 0.6) is 0 Å². The predicted molar refractivity (Wildman–Crippen MR) is 115 cm³/mol. The van der Waals surface area contributed by atoms with Crippen LogP contribution in [0.4, 0.5) is 5.95 Å². The Kier molecular flexibility index (Phi) is 6.65. The summed E-state index contributed by atoms with van der Waals surface area (Å²) in [7, 11) is 0. The summed E-state index contributed by atoms with van der Waals surface area (Å²) in [5, 5.41) is 12.8. The van der Waals surface area contributed by atoms with Gasteiger partial charge in [0.2, 0.25) is 11.9 Å². The predicted octanol–water partition coefficient (Wildman–Crippen LogP) is 3.96. The van der Waals surface area contributed by atoms with Crippen LogP contribution in [-0.4, -0.2) is 45.1 Å². The van der Waals surface area contributed by atoms with Gasteiger partial charge in [0.1, 0.15) is 0 Å². The fourth-order valence-corrected chi connectivity index (χ4v) is 3.95. The normalized spacial score (nSPS) is 14.9. The molecule has 1 N–H and O–H groups in total. The number of thioether (sulfide) groups is 1. The molecule has 1 saturated heterocycles. The van der Waals surface area contributed by atoms with E-state index in [2.05, 4.69) is 63.1 Å². The topological polar surface area (TPSA) is 63.1 Å². The third kappa shape index (κ3) is 5.07. The molecule has 152 valence electrons. The summed E-state index contributed by atoms with van der Waals surface area (Å²) in [5.41, 5.74) is 2.06. The van der Waals surface area contributed by atoms with Crippen molar-refractivity contribution in [2.75, 3.05) is 23.7 Å². The molecule has 3 rings (SSSR count). The molecule has 0 radical (unpaired) electrons. The van der Waals surface area contributed by atoms with Gasteiger partial charge in [0.05, 0.1) is 11.4 Å². The van der Waals surface area contributed by atoms with Gasteiger partial charge in [-0.05, 0) is 58.6 Å². The number of amides is 1. The van der Waals surface area contributed by atoms with E-state index in [1.165, 1.54) is 36.6 Å². The second-order valence-electron chi connectivity index (χ2n) is 8.08. The number of aromatic nitrogens is 3. The van der Waals surface area contributed by atoms with Crippen molar-refractivity contribution in [1.29, 1.82) is 0 Å². The Balaban J connectivity index is 1.83. The number of benzene rings is 1. The van der Waals surface area contributed by atoms with Crippen LogP contribution in [0.15, 0.2) is 29.4 Å². The van der Waals surface area contributed by atoms with Gasteiger partial charge < -0.3 is 10.2 Å². The van der Waals surface area contributed by atoms with Crippen molar-refractivity contribution in [2.24, 2.45) is 0 Å². The van der Waals surface area contributed by atoms with Gasteiger partial charge in [-0.2, -0.15) is 0 Å². The van der Waals surface area contributed by atoms with Crippen molar-refractivity contribution in [3.05, 3.63) is 29.8 Å². The van der Waals surface area contributed by atoms with Crippen molar-refractivity contribution < 1.29 is 4.79 Å². The molecule has 0 spiro atoms. The quantitative estimate of drug-likeness (QED) is 0.712. The Labute approximate surface area is 172 Å². The van der Waals surface area contributed by atoms with Crippen LogP contribution in [0.3, 0.4) is 0 Å². The molecular formula is C21H31N5OS. The van der Waals surface area contributed by atoms with E-state index < -0.39 is 0 Å². The van der Waals surface area contributed by atoms with Crippen LogP contribution in [0.1, 0.15) is 52.0 Å². The molecule has 2 aromatic rings. The van der Waals surface area contributed by atoms with Crippen LogP contribution < -0.4 is 10.2 Å². The van der Waals surface area contributed by atoms with Crippen molar-refractivity contribution in [3.63, 3.8) is 0 Å².